The molecule has 3 aromatic rings. The van der Waals surface area contributed by atoms with Crippen LogP contribution in [0, 0.1) is 50.7 Å². The Balaban J connectivity index is 0. The Morgan fingerprint density at radius 2 is 1.34 bits per heavy atom. The van der Waals surface area contributed by atoms with Crippen LogP contribution in [0.5, 0.6) is 0 Å². The van der Waals surface area contributed by atoms with Crippen LogP contribution in [0.1, 0.15) is 89.8 Å². The van der Waals surface area contributed by atoms with Gasteiger partial charge >= 0.3 is 0 Å². The summed E-state index contributed by atoms with van der Waals surface area (Å²) < 4.78 is 30.3. The van der Waals surface area contributed by atoms with E-state index in [2.05, 4.69) is 82.6 Å². The van der Waals surface area contributed by atoms with Crippen molar-refractivity contribution in [1.29, 1.82) is 0 Å². The van der Waals surface area contributed by atoms with E-state index < -0.39 is 11.6 Å². The van der Waals surface area contributed by atoms with E-state index in [0.29, 0.717) is 11.1 Å². The smallest absolute Gasteiger partial charge is 0.129 e. The predicted octanol–water partition coefficient (Wildman–Crippen LogP) is 9.46. The Hall–Kier alpha value is -3.59. The average molecular weight is 569 g/mol. The molecule has 0 unspecified atom stereocenters. The largest absolute Gasteiger partial charge is 0.501 e. The molecule has 0 aliphatic carbocycles. The summed E-state index contributed by atoms with van der Waals surface area (Å²) in [6.07, 6.45) is 15.0. The molecule has 0 spiro atoms. The molecule has 0 atom stereocenters. The van der Waals surface area contributed by atoms with E-state index >= 15 is 0 Å². The highest BCUT2D eigenvalue weighted by Gasteiger charge is 2.16. The Bertz CT molecular complexity index is 1220. The maximum absolute atomic E-state index is 12.5. The molecule has 1 heterocycles. The van der Waals surface area contributed by atoms with Crippen LogP contribution in [0.25, 0.3) is 10.9 Å². The summed E-state index contributed by atoms with van der Waals surface area (Å²) in [6.45, 7) is 21.3. The molecule has 0 fully saturated rings. The lowest BCUT2D eigenvalue weighted by atomic mass is 9.93. The fourth-order valence-electron chi connectivity index (χ4n) is 3.66. The fourth-order valence-corrected chi connectivity index (χ4v) is 3.66. The Kier molecular flexibility index (Phi) is 19.6. The third kappa shape index (κ3) is 15.1. The molecule has 3 rings (SSSR count). The van der Waals surface area contributed by atoms with Crippen molar-refractivity contribution < 1.29 is 18.3 Å². The first-order valence-electron chi connectivity index (χ1n) is 13.8. The number of Topliss-reactive ketones (excluding diaryl/α,β-unsaturated/α-hetero) is 1. The van der Waals surface area contributed by atoms with Crippen molar-refractivity contribution in [1.82, 2.24) is 9.97 Å². The number of nitrogens with zero attached hydrogens (tertiary/aromatic N) is 2. The molecule has 226 valence electrons. The molecular weight excluding hydrogens is 518 g/mol. The number of halogens is 2. The first-order chi connectivity index (χ1) is 19.1. The number of carbonyl (C=O) groups excluding carboxylic acids is 1. The summed E-state index contributed by atoms with van der Waals surface area (Å²) in [5.74, 6) is 0.279. The lowest BCUT2D eigenvalue weighted by Gasteiger charge is -2.21. The Morgan fingerprint density at radius 1 is 0.878 bits per heavy atom. The standard InChI is InChI=1S/C13H16N2.C9H18O.C8H8F2.C3H6O.C2H2/c1-4-10-6-12-9(3)14-8-15-13(12)7-11(10)5-2;1-6-7-8(10-5)9(2,3)4;1-5-3-6(2)8(10)4-7(5)9;1-3(2)4;1-2/h6-8H,4-5H2,1-3H3;7H,6H2,1-5H3;3-4H,1-2H3;1-2H3;1-2H/b;8-7-;;;. The summed E-state index contributed by atoms with van der Waals surface area (Å²) in [7, 11) is 1.73. The van der Waals surface area contributed by atoms with Crippen LogP contribution >= 0.6 is 0 Å². The lowest BCUT2D eigenvalue weighted by molar-refractivity contribution is -0.115. The van der Waals surface area contributed by atoms with Crippen molar-refractivity contribution >= 4 is 16.7 Å². The zero-order valence-electron chi connectivity index (χ0n) is 27.2. The van der Waals surface area contributed by atoms with Crippen molar-refractivity contribution in [3.8, 4) is 12.8 Å². The van der Waals surface area contributed by atoms with E-state index in [1.165, 1.54) is 36.4 Å². The molecule has 0 saturated heterocycles. The third-order valence-electron chi connectivity index (χ3n) is 5.71. The molecule has 0 aliphatic heterocycles. The van der Waals surface area contributed by atoms with Gasteiger partial charge in [-0.3, -0.25) is 0 Å². The number of rotatable bonds is 4. The number of methoxy groups -OCH3 is 1. The van der Waals surface area contributed by atoms with Gasteiger partial charge in [-0.05, 0) is 94.3 Å². The van der Waals surface area contributed by atoms with Crippen LogP contribution in [0.3, 0.4) is 0 Å². The van der Waals surface area contributed by atoms with Crippen LogP contribution in [0.15, 0.2) is 42.4 Å². The highest BCUT2D eigenvalue weighted by Crippen LogP contribution is 2.25. The Morgan fingerprint density at radius 3 is 1.68 bits per heavy atom. The van der Waals surface area contributed by atoms with Gasteiger partial charge in [-0.15, -0.1) is 12.8 Å². The van der Waals surface area contributed by atoms with Crippen LogP contribution in [-0.4, -0.2) is 22.9 Å². The molecule has 41 heavy (non-hydrogen) atoms. The number of benzene rings is 2. The molecule has 0 amide bonds. The number of aryl methyl sites for hydroxylation is 5. The second-order valence-electron chi connectivity index (χ2n) is 10.5. The van der Waals surface area contributed by atoms with Crippen LogP contribution < -0.4 is 0 Å². The molecule has 6 heteroatoms. The summed E-state index contributed by atoms with van der Waals surface area (Å²) >= 11 is 0. The maximum atomic E-state index is 12.5. The van der Waals surface area contributed by atoms with Crippen molar-refractivity contribution in [2.45, 2.75) is 95.4 Å². The Labute approximate surface area is 247 Å². The second kappa shape index (κ2) is 20.3. The number of aromatic nitrogens is 2. The van der Waals surface area contributed by atoms with Gasteiger partial charge in [0.1, 0.15) is 23.7 Å². The highest BCUT2D eigenvalue weighted by molar-refractivity contribution is 5.82. The number of fused-ring (bicyclic) bond motifs is 1. The number of allylic oxidation sites excluding steroid dienone is 2. The molecule has 0 N–H and O–H groups in total. The minimum atomic E-state index is -0.483. The normalized spacial score (nSPS) is 10.4. The third-order valence-corrected chi connectivity index (χ3v) is 5.71. The summed E-state index contributed by atoms with van der Waals surface area (Å²) in [5.41, 5.74) is 6.09. The van der Waals surface area contributed by atoms with Gasteiger partial charge in [-0.2, -0.15) is 0 Å². The molecular formula is C35H50F2N2O2. The highest BCUT2D eigenvalue weighted by atomic mass is 19.1. The SMILES string of the molecule is C#C.CC(C)=O.CC/C=C(\OC)C(C)(C)C.CCc1cc2ncnc(C)c2cc1CC.Cc1cc(C)c(F)cc1F. The number of carbonyl (C=O) groups is 1. The first-order valence-corrected chi connectivity index (χ1v) is 13.8. The van der Waals surface area contributed by atoms with Gasteiger partial charge in [0.2, 0.25) is 0 Å². The van der Waals surface area contributed by atoms with Gasteiger partial charge < -0.3 is 9.53 Å². The summed E-state index contributed by atoms with van der Waals surface area (Å²) in [6, 6.07) is 6.84. The van der Waals surface area contributed by atoms with Crippen molar-refractivity contribution in [2.24, 2.45) is 5.41 Å². The molecule has 1 aromatic heterocycles. The second-order valence-corrected chi connectivity index (χ2v) is 10.5. The fraction of sp³-hybridized carbons (Fsp3) is 0.457. The topological polar surface area (TPSA) is 52.1 Å². The summed E-state index contributed by atoms with van der Waals surface area (Å²) in [5, 5.41) is 1.19. The average Bonchev–Trinajstić information content (AvgIpc) is 2.91. The molecule has 0 radical (unpaired) electrons. The molecule has 0 aliphatic rings. The van der Waals surface area contributed by atoms with Crippen LogP contribution in [0.4, 0.5) is 8.78 Å². The van der Waals surface area contributed by atoms with Crippen molar-refractivity contribution in [2.75, 3.05) is 7.11 Å². The lowest BCUT2D eigenvalue weighted by Crippen LogP contribution is -2.10. The predicted molar refractivity (Wildman–Crippen MR) is 170 cm³/mol. The number of terminal acetylenes is 1. The van der Waals surface area contributed by atoms with Gasteiger partial charge in [0.05, 0.1) is 18.4 Å². The number of hydrogen-bond donors (Lipinski definition) is 0. The first kappa shape index (κ1) is 39.6. The van der Waals surface area contributed by atoms with Crippen LogP contribution in [0.2, 0.25) is 0 Å². The molecule has 0 bridgehead atoms. The number of ether oxygens (including phenoxy) is 1. The zero-order chi connectivity index (χ0) is 32.3. The van der Waals surface area contributed by atoms with E-state index in [-0.39, 0.29) is 11.2 Å². The molecule has 0 saturated carbocycles. The van der Waals surface area contributed by atoms with E-state index in [4.69, 9.17) is 4.74 Å². The van der Waals surface area contributed by atoms with Gasteiger partial charge in [-0.25, -0.2) is 18.7 Å². The quantitative estimate of drug-likeness (QED) is 0.232. The van der Waals surface area contributed by atoms with Crippen LogP contribution in [-0.2, 0) is 22.4 Å². The number of hydrogen-bond acceptors (Lipinski definition) is 4. The van der Waals surface area contributed by atoms with E-state index in [0.717, 1.165) is 42.3 Å². The van der Waals surface area contributed by atoms with Gasteiger partial charge in [0, 0.05) is 22.6 Å². The molecule has 4 nitrogen and oxygen atoms in total. The van der Waals surface area contributed by atoms with Crippen molar-refractivity contribution in [3.05, 3.63) is 82.0 Å². The van der Waals surface area contributed by atoms with E-state index in [1.54, 1.807) is 27.3 Å². The van der Waals surface area contributed by atoms with Gasteiger partial charge in [0.15, 0.2) is 0 Å². The minimum absolute atomic E-state index is 0.157. The van der Waals surface area contributed by atoms with Crippen molar-refractivity contribution in [3.63, 3.8) is 0 Å². The van der Waals surface area contributed by atoms with E-state index in [1.807, 2.05) is 6.92 Å². The number of ketones is 1. The molecule has 2 aromatic carbocycles. The van der Waals surface area contributed by atoms with Gasteiger partial charge in [0.25, 0.3) is 0 Å². The van der Waals surface area contributed by atoms with Gasteiger partial charge in [-0.1, -0.05) is 47.6 Å². The maximum Gasteiger partial charge on any atom is 0.129 e. The minimum Gasteiger partial charge on any atom is -0.501 e. The monoisotopic (exact) mass is 568 g/mol. The zero-order valence-corrected chi connectivity index (χ0v) is 27.2. The summed E-state index contributed by atoms with van der Waals surface area (Å²) in [4.78, 5) is 18.0. The van der Waals surface area contributed by atoms with E-state index in [9.17, 15) is 13.6 Å².